The smallest absolute Gasteiger partial charge is 0.264 e. The number of benzene rings is 3. The Labute approximate surface area is 248 Å². The lowest BCUT2D eigenvalue weighted by molar-refractivity contribution is -0.140. The summed E-state index contributed by atoms with van der Waals surface area (Å²) in [7, 11) is -4.22. The number of amides is 2. The lowest BCUT2D eigenvalue weighted by Gasteiger charge is -2.33. The van der Waals surface area contributed by atoms with E-state index in [0.29, 0.717) is 17.1 Å². The molecule has 3 rings (SSSR count). The van der Waals surface area contributed by atoms with Crippen LogP contribution < -0.4 is 9.62 Å². The monoisotopic (exact) mass is 629 g/mol. The summed E-state index contributed by atoms with van der Waals surface area (Å²) in [5.41, 5.74) is 0.759. The number of hydrogen-bond donors (Lipinski definition) is 1. The molecule has 0 spiro atoms. The molecule has 3 aromatic carbocycles. The van der Waals surface area contributed by atoms with Crippen LogP contribution in [0.1, 0.15) is 25.8 Å². The number of nitrogens with one attached hydrogen (secondary N) is 1. The maximum atomic E-state index is 13.9. The highest BCUT2D eigenvalue weighted by Gasteiger charge is 2.33. The first-order chi connectivity index (χ1) is 18.5. The number of rotatable bonds is 11. The van der Waals surface area contributed by atoms with Crippen molar-refractivity contribution in [3.05, 3.63) is 92.4 Å². The molecule has 2 amide bonds. The largest absolute Gasteiger partial charge is 0.355 e. The molecule has 0 aliphatic carbocycles. The summed E-state index contributed by atoms with van der Waals surface area (Å²) in [6.45, 7) is 3.29. The second-order valence-electron chi connectivity index (χ2n) is 8.51. The fourth-order valence-electron chi connectivity index (χ4n) is 3.93. The fourth-order valence-corrected chi connectivity index (χ4v) is 5.97. The third kappa shape index (κ3) is 7.58. The van der Waals surface area contributed by atoms with Gasteiger partial charge in [0, 0.05) is 13.1 Å². The lowest BCUT2D eigenvalue weighted by Crippen LogP contribution is -2.52. The molecule has 0 radical (unpaired) electrons. The number of carbonyl (C=O) groups excluding carboxylic acids is 2. The second-order valence-corrected chi connectivity index (χ2v) is 12.0. The molecule has 0 saturated carbocycles. The Bertz CT molecular complexity index is 1440. The molecule has 0 aliphatic heterocycles. The number of hydrogen-bond acceptors (Lipinski definition) is 4. The van der Waals surface area contributed by atoms with Gasteiger partial charge in [0.2, 0.25) is 11.8 Å². The zero-order valence-electron chi connectivity index (χ0n) is 21.2. The van der Waals surface area contributed by atoms with E-state index in [4.69, 9.17) is 46.4 Å². The predicted molar refractivity (Wildman–Crippen MR) is 157 cm³/mol. The number of sulfonamides is 1. The first kappa shape index (κ1) is 31.0. The molecule has 0 saturated heterocycles. The molecule has 1 atom stereocenters. The third-order valence-electron chi connectivity index (χ3n) is 5.88. The van der Waals surface area contributed by atoms with Gasteiger partial charge in [0.15, 0.2) is 0 Å². The molecule has 208 valence electrons. The summed E-state index contributed by atoms with van der Waals surface area (Å²) in [5.74, 6) is -0.967. The van der Waals surface area contributed by atoms with Gasteiger partial charge in [-0.25, -0.2) is 8.42 Å². The Morgan fingerprint density at radius 2 is 1.46 bits per heavy atom. The number of nitrogens with zero attached hydrogens (tertiary/aromatic N) is 2. The van der Waals surface area contributed by atoms with E-state index in [1.54, 1.807) is 50.2 Å². The first-order valence-electron chi connectivity index (χ1n) is 12.0. The van der Waals surface area contributed by atoms with Crippen molar-refractivity contribution < 1.29 is 18.0 Å². The van der Waals surface area contributed by atoms with Crippen LogP contribution in [0.3, 0.4) is 0 Å². The van der Waals surface area contributed by atoms with Crippen LogP contribution in [-0.4, -0.2) is 44.3 Å². The van der Waals surface area contributed by atoms with Crippen molar-refractivity contribution in [2.24, 2.45) is 0 Å². The van der Waals surface area contributed by atoms with Gasteiger partial charge in [-0.3, -0.25) is 13.9 Å². The van der Waals surface area contributed by atoms with Crippen LogP contribution in [0, 0.1) is 0 Å². The highest BCUT2D eigenvalue weighted by molar-refractivity contribution is 7.92. The number of halogens is 4. The van der Waals surface area contributed by atoms with Crippen LogP contribution >= 0.6 is 46.4 Å². The van der Waals surface area contributed by atoms with E-state index in [1.165, 1.54) is 35.2 Å². The Hall–Kier alpha value is -2.49. The van der Waals surface area contributed by atoms with Crippen molar-refractivity contribution in [3.8, 4) is 0 Å². The van der Waals surface area contributed by atoms with Crippen molar-refractivity contribution in [2.45, 2.75) is 37.8 Å². The van der Waals surface area contributed by atoms with Gasteiger partial charge in [0.25, 0.3) is 10.0 Å². The van der Waals surface area contributed by atoms with Gasteiger partial charge < -0.3 is 10.2 Å². The standard InChI is InChI=1S/C27H27Cl4N3O4S/c1-3-25(27(36)32-4-2)33(16-18-10-12-21(28)23(30)14-18)26(35)17-34(19-11-13-22(29)24(31)15-19)39(37,38)20-8-6-5-7-9-20/h5-15,25H,3-4,16-17H2,1-2H3,(H,32,36)/t25-/m0/s1. The average Bonchev–Trinajstić information content (AvgIpc) is 2.91. The molecule has 0 aliphatic rings. The van der Waals surface area contributed by atoms with Gasteiger partial charge >= 0.3 is 0 Å². The molecule has 0 aromatic heterocycles. The molecule has 12 heteroatoms. The molecule has 1 N–H and O–H groups in total. The van der Waals surface area contributed by atoms with E-state index in [1.807, 2.05) is 0 Å². The van der Waals surface area contributed by atoms with Crippen molar-refractivity contribution in [1.82, 2.24) is 10.2 Å². The molecule has 0 heterocycles. The molecule has 0 fully saturated rings. The Morgan fingerprint density at radius 1 is 0.846 bits per heavy atom. The maximum Gasteiger partial charge on any atom is 0.264 e. The van der Waals surface area contributed by atoms with E-state index >= 15 is 0 Å². The van der Waals surface area contributed by atoms with Crippen molar-refractivity contribution in [3.63, 3.8) is 0 Å². The number of carbonyl (C=O) groups is 2. The highest BCUT2D eigenvalue weighted by atomic mass is 35.5. The van der Waals surface area contributed by atoms with Crippen molar-refractivity contribution in [2.75, 3.05) is 17.4 Å². The van der Waals surface area contributed by atoms with Crippen LogP contribution in [0.15, 0.2) is 71.6 Å². The maximum absolute atomic E-state index is 13.9. The van der Waals surface area contributed by atoms with Gasteiger partial charge in [-0.15, -0.1) is 0 Å². The summed E-state index contributed by atoms with van der Waals surface area (Å²) in [5, 5.41) is 3.73. The van der Waals surface area contributed by atoms with E-state index in [-0.39, 0.29) is 44.5 Å². The predicted octanol–water partition coefficient (Wildman–Crippen LogP) is 6.44. The topological polar surface area (TPSA) is 86.8 Å². The van der Waals surface area contributed by atoms with Crippen LogP contribution in [0.4, 0.5) is 5.69 Å². The highest BCUT2D eigenvalue weighted by Crippen LogP contribution is 2.31. The molecule has 0 unspecified atom stereocenters. The van der Waals surface area contributed by atoms with Gasteiger partial charge in [0.05, 0.1) is 30.7 Å². The van der Waals surface area contributed by atoms with Crippen LogP contribution in [0.25, 0.3) is 0 Å². The van der Waals surface area contributed by atoms with Crippen LogP contribution in [-0.2, 0) is 26.2 Å². The zero-order valence-corrected chi connectivity index (χ0v) is 25.0. The molecule has 7 nitrogen and oxygen atoms in total. The minimum atomic E-state index is -4.22. The zero-order chi connectivity index (χ0) is 28.7. The Balaban J connectivity index is 2.08. The Morgan fingerprint density at radius 3 is 2.03 bits per heavy atom. The molecular weight excluding hydrogens is 604 g/mol. The Kier molecular flexibility index (Phi) is 10.9. The molecule has 39 heavy (non-hydrogen) atoms. The fraction of sp³-hybridized carbons (Fsp3) is 0.259. The third-order valence-corrected chi connectivity index (χ3v) is 9.14. The summed E-state index contributed by atoms with van der Waals surface area (Å²) in [6, 6.07) is 16.0. The van der Waals surface area contributed by atoms with Crippen molar-refractivity contribution in [1.29, 1.82) is 0 Å². The summed E-state index contributed by atoms with van der Waals surface area (Å²) in [6.07, 6.45) is 0.289. The lowest BCUT2D eigenvalue weighted by atomic mass is 10.1. The first-order valence-corrected chi connectivity index (χ1v) is 15.0. The number of likely N-dealkylation sites (N-methyl/N-ethyl adjacent to an activating group) is 1. The SMILES string of the molecule is CCNC(=O)[C@H](CC)N(Cc1ccc(Cl)c(Cl)c1)C(=O)CN(c1ccc(Cl)c(Cl)c1)S(=O)(=O)c1ccccc1. The quantitative estimate of drug-likeness (QED) is 0.264. The molecule has 3 aromatic rings. The van der Waals surface area contributed by atoms with Gasteiger partial charge in [0.1, 0.15) is 12.6 Å². The average molecular weight is 631 g/mol. The van der Waals surface area contributed by atoms with Crippen LogP contribution in [0.2, 0.25) is 20.1 Å². The van der Waals surface area contributed by atoms with Gasteiger partial charge in [-0.1, -0.05) is 77.6 Å². The molecule has 0 bridgehead atoms. The minimum Gasteiger partial charge on any atom is -0.355 e. The van der Waals surface area contributed by atoms with E-state index in [9.17, 15) is 18.0 Å². The number of anilines is 1. The molecular formula is C27H27Cl4N3O4S. The van der Waals surface area contributed by atoms with Gasteiger partial charge in [-0.05, 0) is 61.4 Å². The van der Waals surface area contributed by atoms with E-state index in [0.717, 1.165) is 4.31 Å². The minimum absolute atomic E-state index is 0.00797. The normalized spacial score (nSPS) is 12.1. The van der Waals surface area contributed by atoms with Crippen molar-refractivity contribution >= 4 is 73.9 Å². The second kappa shape index (κ2) is 13.7. The van der Waals surface area contributed by atoms with E-state index < -0.39 is 28.5 Å². The summed E-state index contributed by atoms with van der Waals surface area (Å²) >= 11 is 24.5. The summed E-state index contributed by atoms with van der Waals surface area (Å²) < 4.78 is 28.5. The van der Waals surface area contributed by atoms with Crippen LogP contribution in [0.5, 0.6) is 0 Å². The van der Waals surface area contributed by atoms with Gasteiger partial charge in [-0.2, -0.15) is 0 Å². The summed E-state index contributed by atoms with van der Waals surface area (Å²) in [4.78, 5) is 28.2. The van der Waals surface area contributed by atoms with E-state index in [2.05, 4.69) is 5.32 Å².